The van der Waals surface area contributed by atoms with Crippen LogP contribution in [0.5, 0.6) is 5.75 Å². The lowest BCUT2D eigenvalue weighted by Crippen LogP contribution is -2.15. The molecule has 0 aliphatic rings. The predicted octanol–water partition coefficient (Wildman–Crippen LogP) is 4.35. The van der Waals surface area contributed by atoms with Crippen LogP contribution in [0.4, 0.5) is 0 Å². The maximum absolute atomic E-state index is 11.3. The van der Waals surface area contributed by atoms with Crippen LogP contribution >= 0.6 is 0 Å². The number of nitrogens with zero attached hydrogens (tertiary/aromatic N) is 1. The molecule has 3 rings (SSSR count). The zero-order valence-electron chi connectivity index (χ0n) is 16.3. The molecule has 0 radical (unpaired) electrons. The summed E-state index contributed by atoms with van der Waals surface area (Å²) in [6.45, 7) is 0.503. The molecule has 1 aromatic heterocycles. The molecule has 3 aromatic rings. The Morgan fingerprint density at radius 2 is 1.72 bits per heavy atom. The highest BCUT2D eigenvalue weighted by Crippen LogP contribution is 2.25. The standard InChI is InChI=1S/C24H26N2O3/c25-22(23-8-4-5-14-26-23)13-15-29-21-11-9-18(10-12-21)16-20(17-24(27)28)19-6-2-1-3-7-19/h1-12,14,20,22H,13,15-17,25H2,(H,27,28). The summed E-state index contributed by atoms with van der Waals surface area (Å²) in [6, 6.07) is 23.2. The highest BCUT2D eigenvalue weighted by Gasteiger charge is 2.16. The molecule has 0 bridgehead atoms. The number of aromatic nitrogens is 1. The molecule has 2 unspecified atom stereocenters. The van der Waals surface area contributed by atoms with Crippen molar-refractivity contribution in [1.29, 1.82) is 0 Å². The van der Waals surface area contributed by atoms with E-state index in [1.165, 1.54) is 0 Å². The monoisotopic (exact) mass is 390 g/mol. The summed E-state index contributed by atoms with van der Waals surface area (Å²) in [4.78, 5) is 15.5. The molecule has 2 aromatic carbocycles. The predicted molar refractivity (Wildman–Crippen MR) is 113 cm³/mol. The molecule has 3 N–H and O–H groups in total. The van der Waals surface area contributed by atoms with Crippen LogP contribution in [0.2, 0.25) is 0 Å². The Morgan fingerprint density at radius 1 is 1.00 bits per heavy atom. The molecule has 5 nitrogen and oxygen atoms in total. The second-order valence-corrected chi connectivity index (χ2v) is 7.05. The van der Waals surface area contributed by atoms with E-state index in [0.717, 1.165) is 22.6 Å². The number of pyridine rings is 1. The Morgan fingerprint density at radius 3 is 2.38 bits per heavy atom. The van der Waals surface area contributed by atoms with Crippen molar-refractivity contribution in [3.05, 3.63) is 95.8 Å². The van der Waals surface area contributed by atoms with Crippen molar-refractivity contribution in [2.75, 3.05) is 6.61 Å². The summed E-state index contributed by atoms with van der Waals surface area (Å²) in [6.07, 6.45) is 3.18. The van der Waals surface area contributed by atoms with Gasteiger partial charge in [-0.25, -0.2) is 0 Å². The van der Waals surface area contributed by atoms with E-state index < -0.39 is 5.97 Å². The van der Waals surface area contributed by atoms with Crippen LogP contribution in [0.3, 0.4) is 0 Å². The fourth-order valence-electron chi connectivity index (χ4n) is 3.30. The second-order valence-electron chi connectivity index (χ2n) is 7.05. The van der Waals surface area contributed by atoms with Crippen molar-refractivity contribution in [3.63, 3.8) is 0 Å². The summed E-state index contributed by atoms with van der Waals surface area (Å²) in [5.41, 5.74) is 9.12. The third kappa shape index (κ3) is 6.43. The summed E-state index contributed by atoms with van der Waals surface area (Å²) in [5.74, 6) is -0.0728. The van der Waals surface area contributed by atoms with E-state index in [4.69, 9.17) is 10.5 Å². The number of nitrogens with two attached hydrogens (primary N) is 1. The maximum Gasteiger partial charge on any atom is 0.303 e. The first kappa shape index (κ1) is 20.6. The number of carboxylic acids is 1. The minimum Gasteiger partial charge on any atom is -0.494 e. The number of carbonyl (C=O) groups is 1. The first-order valence-corrected chi connectivity index (χ1v) is 9.77. The van der Waals surface area contributed by atoms with Gasteiger partial charge in [0.25, 0.3) is 0 Å². The van der Waals surface area contributed by atoms with E-state index in [0.29, 0.717) is 19.4 Å². The molecule has 0 saturated heterocycles. The normalized spacial score (nSPS) is 12.9. The third-order valence-corrected chi connectivity index (χ3v) is 4.86. The van der Waals surface area contributed by atoms with E-state index in [9.17, 15) is 9.90 Å². The van der Waals surface area contributed by atoms with Gasteiger partial charge in [-0.15, -0.1) is 0 Å². The molecule has 0 fully saturated rings. The maximum atomic E-state index is 11.3. The molecular formula is C24H26N2O3. The summed E-state index contributed by atoms with van der Waals surface area (Å²) in [7, 11) is 0. The fraction of sp³-hybridized carbons (Fsp3) is 0.250. The van der Waals surface area contributed by atoms with Gasteiger partial charge >= 0.3 is 5.97 Å². The van der Waals surface area contributed by atoms with Gasteiger partial charge < -0.3 is 15.6 Å². The van der Waals surface area contributed by atoms with Crippen LogP contribution in [0.25, 0.3) is 0 Å². The Hall–Kier alpha value is -3.18. The van der Waals surface area contributed by atoms with Gasteiger partial charge in [-0.2, -0.15) is 0 Å². The minimum absolute atomic E-state index is 0.0585. The molecule has 1 heterocycles. The smallest absolute Gasteiger partial charge is 0.303 e. The average molecular weight is 390 g/mol. The van der Waals surface area contributed by atoms with Gasteiger partial charge in [-0.3, -0.25) is 9.78 Å². The van der Waals surface area contributed by atoms with Gasteiger partial charge in [-0.05, 0) is 47.7 Å². The first-order chi connectivity index (χ1) is 14.1. The molecule has 0 amide bonds. The summed E-state index contributed by atoms with van der Waals surface area (Å²) < 4.78 is 5.81. The van der Waals surface area contributed by atoms with Crippen LogP contribution in [-0.2, 0) is 11.2 Å². The lowest BCUT2D eigenvalue weighted by atomic mass is 9.89. The highest BCUT2D eigenvalue weighted by atomic mass is 16.5. The largest absolute Gasteiger partial charge is 0.494 e. The van der Waals surface area contributed by atoms with E-state index in [1.807, 2.05) is 72.8 Å². The number of ether oxygens (including phenoxy) is 1. The van der Waals surface area contributed by atoms with Crippen LogP contribution in [0, 0.1) is 0 Å². The summed E-state index contributed by atoms with van der Waals surface area (Å²) in [5, 5.41) is 9.26. The van der Waals surface area contributed by atoms with Gasteiger partial charge in [0, 0.05) is 12.6 Å². The van der Waals surface area contributed by atoms with Gasteiger partial charge in [0.2, 0.25) is 0 Å². The van der Waals surface area contributed by atoms with Crippen molar-refractivity contribution in [2.24, 2.45) is 5.73 Å². The summed E-state index contributed by atoms with van der Waals surface area (Å²) >= 11 is 0. The molecule has 0 spiro atoms. The van der Waals surface area contributed by atoms with Gasteiger partial charge in [0.1, 0.15) is 5.75 Å². The quantitative estimate of drug-likeness (QED) is 0.537. The van der Waals surface area contributed by atoms with Crippen LogP contribution < -0.4 is 10.5 Å². The molecule has 5 heteroatoms. The van der Waals surface area contributed by atoms with Gasteiger partial charge in [-0.1, -0.05) is 48.5 Å². The zero-order valence-corrected chi connectivity index (χ0v) is 16.3. The second kappa shape index (κ2) is 10.4. The van der Waals surface area contributed by atoms with Crippen molar-refractivity contribution in [3.8, 4) is 5.75 Å². The lowest BCUT2D eigenvalue weighted by Gasteiger charge is -2.16. The number of hydrogen-bond acceptors (Lipinski definition) is 4. The lowest BCUT2D eigenvalue weighted by molar-refractivity contribution is -0.137. The van der Waals surface area contributed by atoms with Crippen molar-refractivity contribution in [1.82, 2.24) is 4.98 Å². The number of aliphatic carboxylic acids is 1. The fourth-order valence-corrected chi connectivity index (χ4v) is 3.30. The number of rotatable bonds is 10. The SMILES string of the molecule is NC(CCOc1ccc(CC(CC(=O)O)c2ccccc2)cc1)c1ccccn1. The van der Waals surface area contributed by atoms with Crippen molar-refractivity contribution < 1.29 is 14.6 Å². The Labute approximate surface area is 171 Å². The van der Waals surface area contributed by atoms with Gasteiger partial charge in [0.05, 0.1) is 24.8 Å². The van der Waals surface area contributed by atoms with E-state index >= 15 is 0 Å². The van der Waals surface area contributed by atoms with Gasteiger partial charge in [0.15, 0.2) is 0 Å². The van der Waals surface area contributed by atoms with Crippen molar-refractivity contribution in [2.45, 2.75) is 31.2 Å². The van der Waals surface area contributed by atoms with E-state index in [1.54, 1.807) is 6.20 Å². The number of hydrogen-bond donors (Lipinski definition) is 2. The molecule has 29 heavy (non-hydrogen) atoms. The van der Waals surface area contributed by atoms with Crippen LogP contribution in [0.1, 0.15) is 41.6 Å². The van der Waals surface area contributed by atoms with E-state index in [-0.39, 0.29) is 18.4 Å². The van der Waals surface area contributed by atoms with E-state index in [2.05, 4.69) is 4.98 Å². The topological polar surface area (TPSA) is 85.4 Å². The van der Waals surface area contributed by atoms with Crippen LogP contribution in [-0.4, -0.2) is 22.7 Å². The molecule has 0 aliphatic heterocycles. The average Bonchev–Trinajstić information content (AvgIpc) is 2.75. The molecular weight excluding hydrogens is 364 g/mol. The molecule has 2 atom stereocenters. The number of carboxylic acid groups (broad SMARTS) is 1. The zero-order chi connectivity index (χ0) is 20.5. The molecule has 0 aliphatic carbocycles. The minimum atomic E-state index is -0.789. The first-order valence-electron chi connectivity index (χ1n) is 9.77. The molecule has 0 saturated carbocycles. The Bertz CT molecular complexity index is 883. The molecule has 150 valence electrons. The van der Waals surface area contributed by atoms with Crippen LogP contribution in [0.15, 0.2) is 79.0 Å². The van der Waals surface area contributed by atoms with Crippen molar-refractivity contribution >= 4 is 5.97 Å². The number of benzene rings is 2. The Kier molecular flexibility index (Phi) is 7.36. The third-order valence-electron chi connectivity index (χ3n) is 4.86. The Balaban J connectivity index is 1.54. The highest BCUT2D eigenvalue weighted by molar-refractivity contribution is 5.68.